The van der Waals surface area contributed by atoms with Crippen LogP contribution in [0.5, 0.6) is 0 Å². The molecule has 4 heteroatoms. The van der Waals surface area contributed by atoms with Crippen LogP contribution in [0.15, 0.2) is 30.3 Å². The first-order valence-electron chi connectivity index (χ1n) is 3.74. The minimum absolute atomic E-state index is 0.635. The normalized spacial score (nSPS) is 15.6. The first-order chi connectivity index (χ1) is 5.67. The summed E-state index contributed by atoms with van der Waals surface area (Å²) in [7, 11) is 0. The monoisotopic (exact) mass is 264 g/mol. The third kappa shape index (κ3) is 2.59. The van der Waals surface area contributed by atoms with Crippen molar-refractivity contribution in [2.75, 3.05) is 6.61 Å². The Kier molecular flexibility index (Phi) is 3.77. The van der Waals surface area contributed by atoms with E-state index < -0.39 is 6.25 Å². The molecule has 1 unspecified atom stereocenters. The van der Waals surface area contributed by atoms with Gasteiger partial charge in [-0.2, -0.15) is 0 Å². The molecule has 0 spiro atoms. The van der Waals surface area contributed by atoms with E-state index in [0.29, 0.717) is 6.61 Å². The molecule has 0 aliphatic rings. The van der Waals surface area contributed by atoms with Gasteiger partial charge in [-0.3, -0.25) is 0 Å². The van der Waals surface area contributed by atoms with Gasteiger partial charge in [-0.05, 0) is 12.1 Å². The van der Waals surface area contributed by atoms with Crippen LogP contribution < -0.4 is 5.19 Å². The highest BCUT2D eigenvalue weighted by atomic mass is 79.9. The predicted molar refractivity (Wildman–Crippen MR) is 58.2 cm³/mol. The third-order valence-corrected chi connectivity index (χ3v) is 6.13. The molecule has 0 N–H and O–H groups in total. The summed E-state index contributed by atoms with van der Waals surface area (Å²) in [6.07, 6.45) is -2.29. The molecule has 1 atom stereocenters. The zero-order valence-electron chi connectivity index (χ0n) is 6.76. The van der Waals surface area contributed by atoms with Crippen LogP contribution in [0.1, 0.15) is 6.92 Å². The zero-order chi connectivity index (χ0) is 9.03. The van der Waals surface area contributed by atoms with Crippen molar-refractivity contribution in [3.05, 3.63) is 30.3 Å². The highest BCUT2D eigenvalue weighted by Crippen LogP contribution is 2.18. The average Bonchev–Trinajstić information content (AvgIpc) is 2.06. The van der Waals surface area contributed by atoms with Gasteiger partial charge in [0, 0.05) is 6.61 Å². The summed E-state index contributed by atoms with van der Waals surface area (Å²) in [4.78, 5) is 0. The molecule has 66 valence electrons. The van der Waals surface area contributed by atoms with Crippen molar-refractivity contribution in [2.45, 2.75) is 6.92 Å². The van der Waals surface area contributed by atoms with Gasteiger partial charge in [0.25, 0.3) is 0 Å². The number of halogens is 2. The van der Waals surface area contributed by atoms with Crippen molar-refractivity contribution in [3.63, 3.8) is 0 Å². The molecule has 1 rings (SSSR count). The Labute approximate surface area is 86.1 Å². The number of rotatable bonds is 3. The summed E-state index contributed by atoms with van der Waals surface area (Å²) < 4.78 is 5.44. The summed E-state index contributed by atoms with van der Waals surface area (Å²) in [5.74, 6) is 0. The molecule has 0 radical (unpaired) electrons. The van der Waals surface area contributed by atoms with E-state index in [9.17, 15) is 0 Å². The molecular weight excluding hydrogens is 256 g/mol. The van der Waals surface area contributed by atoms with Crippen LogP contribution in [0.4, 0.5) is 0 Å². The second kappa shape index (κ2) is 4.42. The SMILES string of the molecule is CCO[Si](Cl)(Br)c1ccccc1. The summed E-state index contributed by atoms with van der Waals surface area (Å²) in [5.41, 5.74) is 0. The van der Waals surface area contributed by atoms with Crippen LogP contribution in [-0.4, -0.2) is 12.9 Å². The molecule has 12 heavy (non-hydrogen) atoms. The van der Waals surface area contributed by atoms with Gasteiger partial charge in [-0.25, -0.2) is 0 Å². The molecule has 0 bridgehead atoms. The van der Waals surface area contributed by atoms with E-state index in [2.05, 4.69) is 15.3 Å². The lowest BCUT2D eigenvalue weighted by atomic mass is 10.4. The van der Waals surface area contributed by atoms with Crippen LogP contribution >= 0.6 is 26.4 Å². The van der Waals surface area contributed by atoms with E-state index in [1.54, 1.807) is 0 Å². The van der Waals surface area contributed by atoms with Crippen molar-refractivity contribution in [1.29, 1.82) is 0 Å². The quantitative estimate of drug-likeness (QED) is 0.603. The van der Waals surface area contributed by atoms with E-state index >= 15 is 0 Å². The van der Waals surface area contributed by atoms with Crippen molar-refractivity contribution in [1.82, 2.24) is 0 Å². The number of hydrogen-bond acceptors (Lipinski definition) is 1. The standard InChI is InChI=1S/C8H10BrClOSi/c1-2-11-12(9,10)8-6-4-3-5-7-8/h3-7H,2H2,1H3. The molecule has 1 aromatic rings. The minimum atomic E-state index is -2.29. The van der Waals surface area contributed by atoms with Crippen LogP contribution in [0, 0.1) is 0 Å². The molecular formula is C8H10BrClOSi. The highest BCUT2D eigenvalue weighted by Gasteiger charge is 2.31. The Morgan fingerprint density at radius 2 is 2.00 bits per heavy atom. The Bertz CT molecular complexity index is 240. The molecule has 0 aliphatic carbocycles. The van der Waals surface area contributed by atoms with Crippen molar-refractivity contribution < 1.29 is 4.43 Å². The highest BCUT2D eigenvalue weighted by molar-refractivity contribution is 9.27. The van der Waals surface area contributed by atoms with E-state index in [-0.39, 0.29) is 0 Å². The lowest BCUT2D eigenvalue weighted by Crippen LogP contribution is -2.39. The van der Waals surface area contributed by atoms with Gasteiger partial charge in [0.05, 0.1) is 0 Å². The summed E-state index contributed by atoms with van der Waals surface area (Å²) in [5, 5.41) is 1.05. The van der Waals surface area contributed by atoms with Crippen LogP contribution in [0.2, 0.25) is 0 Å². The molecule has 0 aliphatic heterocycles. The van der Waals surface area contributed by atoms with Gasteiger partial charge in [0.2, 0.25) is 0 Å². The van der Waals surface area contributed by atoms with Crippen LogP contribution in [0.25, 0.3) is 0 Å². The largest absolute Gasteiger partial charge is 0.396 e. The molecule has 0 fully saturated rings. The second-order valence-electron chi connectivity index (χ2n) is 2.32. The number of benzene rings is 1. The summed E-state index contributed by atoms with van der Waals surface area (Å²) >= 11 is 9.63. The van der Waals surface area contributed by atoms with Gasteiger partial charge >= 0.3 is 6.25 Å². The van der Waals surface area contributed by atoms with E-state index in [1.165, 1.54) is 0 Å². The molecule has 0 heterocycles. The topological polar surface area (TPSA) is 9.23 Å². The summed E-state index contributed by atoms with van der Waals surface area (Å²) in [6, 6.07) is 9.83. The molecule has 1 aromatic carbocycles. The molecule has 0 aromatic heterocycles. The summed E-state index contributed by atoms with van der Waals surface area (Å²) in [6.45, 7) is 2.57. The molecule has 1 nitrogen and oxygen atoms in total. The zero-order valence-corrected chi connectivity index (χ0v) is 10.1. The maximum atomic E-state index is 6.20. The Hall–Kier alpha value is 0.167. The fourth-order valence-electron chi connectivity index (χ4n) is 0.897. The molecule has 0 amide bonds. The smallest absolute Gasteiger partial charge is 0.393 e. The van der Waals surface area contributed by atoms with Crippen molar-refractivity contribution >= 4 is 37.8 Å². The van der Waals surface area contributed by atoms with Crippen molar-refractivity contribution in [2.24, 2.45) is 0 Å². The predicted octanol–water partition coefficient (Wildman–Crippen LogP) is 2.50. The fraction of sp³-hybridized carbons (Fsp3) is 0.250. The van der Waals surface area contributed by atoms with E-state index in [0.717, 1.165) is 5.19 Å². The van der Waals surface area contributed by atoms with Gasteiger partial charge in [0.1, 0.15) is 0 Å². The third-order valence-electron chi connectivity index (χ3n) is 1.44. The molecule has 0 saturated carbocycles. The maximum Gasteiger partial charge on any atom is 0.396 e. The van der Waals surface area contributed by atoms with Gasteiger partial charge in [-0.1, -0.05) is 45.6 Å². The maximum absolute atomic E-state index is 6.20. The first-order valence-corrected chi connectivity index (χ1v) is 8.92. The Morgan fingerprint density at radius 3 is 2.50 bits per heavy atom. The lowest BCUT2D eigenvalue weighted by molar-refractivity contribution is 0.358. The van der Waals surface area contributed by atoms with E-state index in [4.69, 9.17) is 15.5 Å². The first kappa shape index (κ1) is 10.2. The Morgan fingerprint density at radius 1 is 1.42 bits per heavy atom. The van der Waals surface area contributed by atoms with Gasteiger partial charge in [-0.15, -0.1) is 11.1 Å². The average molecular weight is 266 g/mol. The Balaban J connectivity index is 2.82. The number of hydrogen-bond donors (Lipinski definition) is 0. The van der Waals surface area contributed by atoms with E-state index in [1.807, 2.05) is 37.3 Å². The second-order valence-corrected chi connectivity index (χ2v) is 10.5. The van der Waals surface area contributed by atoms with Crippen molar-refractivity contribution in [3.8, 4) is 0 Å². The van der Waals surface area contributed by atoms with Crippen LogP contribution in [0.3, 0.4) is 0 Å². The fourth-order valence-corrected chi connectivity index (χ4v) is 4.19. The molecule has 0 saturated heterocycles. The van der Waals surface area contributed by atoms with Gasteiger partial charge in [0.15, 0.2) is 0 Å². The van der Waals surface area contributed by atoms with Gasteiger partial charge < -0.3 is 4.43 Å². The lowest BCUT2D eigenvalue weighted by Gasteiger charge is -2.16. The van der Waals surface area contributed by atoms with Crippen LogP contribution in [-0.2, 0) is 4.43 Å². The minimum Gasteiger partial charge on any atom is -0.393 e.